The molecule has 1 aromatic carbocycles. The zero-order valence-corrected chi connectivity index (χ0v) is 13.2. The fourth-order valence-electron chi connectivity index (χ4n) is 1.86. The van der Waals surface area contributed by atoms with Gasteiger partial charge >= 0.3 is 0 Å². The minimum absolute atomic E-state index is 0.962. The van der Waals surface area contributed by atoms with Gasteiger partial charge in [-0.25, -0.2) is 0 Å². The van der Waals surface area contributed by atoms with Gasteiger partial charge in [0.05, 0.1) is 0 Å². The molecular formula is C16H21NS2. The summed E-state index contributed by atoms with van der Waals surface area (Å²) in [6, 6.07) is 13.4. The number of nitrogens with one attached hydrogen (secondary N) is 1. The molecule has 102 valence electrons. The van der Waals surface area contributed by atoms with Gasteiger partial charge in [-0.3, -0.25) is 0 Å². The van der Waals surface area contributed by atoms with Crippen molar-refractivity contribution in [3.05, 3.63) is 51.7 Å². The zero-order chi connectivity index (χ0) is 13.5. The van der Waals surface area contributed by atoms with Crippen LogP contribution >= 0.6 is 23.1 Å². The number of rotatable bonds is 7. The van der Waals surface area contributed by atoms with Gasteiger partial charge in [0.2, 0.25) is 0 Å². The lowest BCUT2D eigenvalue weighted by Gasteiger charge is -2.05. The molecule has 0 saturated carbocycles. The monoisotopic (exact) mass is 291 g/mol. The highest BCUT2D eigenvalue weighted by Crippen LogP contribution is 2.27. The van der Waals surface area contributed by atoms with Crippen LogP contribution in [0.2, 0.25) is 0 Å². The first-order valence-electron chi connectivity index (χ1n) is 6.82. The van der Waals surface area contributed by atoms with E-state index in [2.05, 4.69) is 55.6 Å². The summed E-state index contributed by atoms with van der Waals surface area (Å²) in [5.41, 5.74) is 1.37. The Kier molecular flexibility index (Phi) is 5.95. The van der Waals surface area contributed by atoms with E-state index in [-0.39, 0.29) is 0 Å². The van der Waals surface area contributed by atoms with Gasteiger partial charge in [0, 0.05) is 26.9 Å². The highest BCUT2D eigenvalue weighted by molar-refractivity contribution is 7.98. The summed E-state index contributed by atoms with van der Waals surface area (Å²) in [5.74, 6) is 1.08. The summed E-state index contributed by atoms with van der Waals surface area (Å²) in [4.78, 5) is 4.32. The Morgan fingerprint density at radius 1 is 1.11 bits per heavy atom. The molecule has 3 heteroatoms. The molecular weight excluding hydrogens is 270 g/mol. The molecule has 0 amide bonds. The Balaban J connectivity index is 1.91. The third-order valence-corrected chi connectivity index (χ3v) is 5.38. The van der Waals surface area contributed by atoms with E-state index in [0.29, 0.717) is 0 Å². The Morgan fingerprint density at radius 2 is 1.95 bits per heavy atom. The number of aryl methyl sites for hydroxylation is 1. The van der Waals surface area contributed by atoms with Gasteiger partial charge in [0.15, 0.2) is 0 Å². The maximum Gasteiger partial charge on any atom is 0.0326 e. The van der Waals surface area contributed by atoms with Crippen LogP contribution < -0.4 is 5.32 Å². The standard InChI is InChI=1S/C16H21NS2/c1-3-14-8-9-16(19-14)12-18-15-7-5-6-13(10-15)11-17-4-2/h5-10,17H,3-4,11-12H2,1-2H3. The highest BCUT2D eigenvalue weighted by atomic mass is 32.2. The van der Waals surface area contributed by atoms with Crippen molar-refractivity contribution in [2.24, 2.45) is 0 Å². The quantitative estimate of drug-likeness (QED) is 0.741. The SMILES string of the molecule is CCNCc1cccc(SCc2ccc(CC)s2)c1. The molecule has 0 saturated heterocycles. The molecule has 2 rings (SSSR count). The molecule has 0 unspecified atom stereocenters. The van der Waals surface area contributed by atoms with Crippen LogP contribution in [0.15, 0.2) is 41.3 Å². The van der Waals surface area contributed by atoms with Crippen LogP contribution in [0.4, 0.5) is 0 Å². The minimum Gasteiger partial charge on any atom is -0.313 e. The summed E-state index contributed by atoms with van der Waals surface area (Å²) >= 11 is 3.86. The second-order valence-electron chi connectivity index (χ2n) is 4.44. The van der Waals surface area contributed by atoms with E-state index in [1.807, 2.05) is 23.1 Å². The van der Waals surface area contributed by atoms with Crippen molar-refractivity contribution in [2.75, 3.05) is 6.54 Å². The second-order valence-corrected chi connectivity index (χ2v) is 6.74. The third-order valence-electron chi connectivity index (χ3n) is 2.92. The van der Waals surface area contributed by atoms with Crippen molar-refractivity contribution in [3.8, 4) is 0 Å². The van der Waals surface area contributed by atoms with Crippen molar-refractivity contribution < 1.29 is 0 Å². The molecule has 0 fully saturated rings. The lowest BCUT2D eigenvalue weighted by atomic mass is 10.2. The summed E-state index contributed by atoms with van der Waals surface area (Å²) < 4.78 is 0. The molecule has 0 bridgehead atoms. The van der Waals surface area contributed by atoms with E-state index < -0.39 is 0 Å². The van der Waals surface area contributed by atoms with Crippen LogP contribution in [0.3, 0.4) is 0 Å². The fraction of sp³-hybridized carbons (Fsp3) is 0.375. The minimum atomic E-state index is 0.962. The predicted molar refractivity (Wildman–Crippen MR) is 87.1 cm³/mol. The van der Waals surface area contributed by atoms with Gasteiger partial charge < -0.3 is 5.32 Å². The van der Waals surface area contributed by atoms with Crippen LogP contribution in [0.25, 0.3) is 0 Å². The van der Waals surface area contributed by atoms with Crippen LogP contribution in [-0.2, 0) is 18.7 Å². The van der Waals surface area contributed by atoms with Crippen molar-refractivity contribution in [3.63, 3.8) is 0 Å². The molecule has 0 aliphatic carbocycles. The fourth-order valence-corrected chi connectivity index (χ4v) is 3.84. The van der Waals surface area contributed by atoms with Gasteiger partial charge in [-0.2, -0.15) is 0 Å². The smallest absolute Gasteiger partial charge is 0.0326 e. The Hall–Kier alpha value is -0.770. The van der Waals surface area contributed by atoms with Gasteiger partial charge in [-0.05, 0) is 42.8 Å². The topological polar surface area (TPSA) is 12.0 Å². The average Bonchev–Trinajstić information content (AvgIpc) is 2.91. The van der Waals surface area contributed by atoms with Crippen LogP contribution in [0.5, 0.6) is 0 Å². The van der Waals surface area contributed by atoms with E-state index in [1.54, 1.807) is 0 Å². The molecule has 0 aliphatic rings. The number of hydrogen-bond acceptors (Lipinski definition) is 3. The molecule has 0 spiro atoms. The third kappa shape index (κ3) is 4.68. The Labute approximate surface area is 124 Å². The normalized spacial score (nSPS) is 10.8. The summed E-state index contributed by atoms with van der Waals surface area (Å²) in [5, 5.41) is 3.37. The molecule has 0 radical (unpaired) electrons. The van der Waals surface area contributed by atoms with Crippen molar-refractivity contribution in [1.82, 2.24) is 5.32 Å². The highest BCUT2D eigenvalue weighted by Gasteiger charge is 2.01. The van der Waals surface area contributed by atoms with Crippen molar-refractivity contribution in [2.45, 2.75) is 37.5 Å². The summed E-state index contributed by atoms with van der Waals surface area (Å²) in [6.07, 6.45) is 1.15. The molecule has 2 aromatic rings. The largest absolute Gasteiger partial charge is 0.313 e. The van der Waals surface area contributed by atoms with Gasteiger partial charge in [-0.1, -0.05) is 26.0 Å². The van der Waals surface area contributed by atoms with E-state index in [0.717, 1.165) is 25.3 Å². The molecule has 0 atom stereocenters. The average molecular weight is 291 g/mol. The number of benzene rings is 1. The molecule has 19 heavy (non-hydrogen) atoms. The van der Waals surface area contributed by atoms with E-state index in [9.17, 15) is 0 Å². The maximum atomic E-state index is 3.37. The number of hydrogen-bond donors (Lipinski definition) is 1. The van der Waals surface area contributed by atoms with Gasteiger partial charge in [0.25, 0.3) is 0 Å². The zero-order valence-electron chi connectivity index (χ0n) is 11.6. The van der Waals surface area contributed by atoms with E-state index in [4.69, 9.17) is 0 Å². The van der Waals surface area contributed by atoms with Crippen LogP contribution in [0.1, 0.15) is 29.2 Å². The Morgan fingerprint density at radius 3 is 2.68 bits per heavy atom. The van der Waals surface area contributed by atoms with E-state index >= 15 is 0 Å². The van der Waals surface area contributed by atoms with Gasteiger partial charge in [-0.15, -0.1) is 23.1 Å². The molecule has 1 N–H and O–H groups in total. The molecule has 0 aliphatic heterocycles. The van der Waals surface area contributed by atoms with E-state index in [1.165, 1.54) is 20.2 Å². The van der Waals surface area contributed by atoms with Crippen molar-refractivity contribution in [1.29, 1.82) is 0 Å². The number of thiophene rings is 1. The molecule has 1 aromatic heterocycles. The molecule has 1 nitrogen and oxygen atoms in total. The lowest BCUT2D eigenvalue weighted by Crippen LogP contribution is -2.11. The number of thioether (sulfide) groups is 1. The van der Waals surface area contributed by atoms with Crippen molar-refractivity contribution >= 4 is 23.1 Å². The summed E-state index contributed by atoms with van der Waals surface area (Å²) in [6.45, 7) is 6.34. The predicted octanol–water partition coefficient (Wildman–Crippen LogP) is 4.71. The first-order valence-corrected chi connectivity index (χ1v) is 8.62. The Bertz CT molecular complexity index is 505. The van der Waals surface area contributed by atoms with Crippen LogP contribution in [-0.4, -0.2) is 6.54 Å². The van der Waals surface area contributed by atoms with Gasteiger partial charge in [0.1, 0.15) is 0 Å². The second kappa shape index (κ2) is 7.73. The lowest BCUT2D eigenvalue weighted by molar-refractivity contribution is 0.725. The summed E-state index contributed by atoms with van der Waals surface area (Å²) in [7, 11) is 0. The maximum absolute atomic E-state index is 3.37. The first kappa shape index (κ1) is 14.6. The molecule has 1 heterocycles. The van der Waals surface area contributed by atoms with Crippen LogP contribution in [0, 0.1) is 0 Å². The first-order chi connectivity index (χ1) is 9.31.